The van der Waals surface area contributed by atoms with E-state index in [4.69, 9.17) is 13.9 Å². The van der Waals surface area contributed by atoms with E-state index in [0.717, 1.165) is 11.7 Å². The zero-order valence-electron chi connectivity index (χ0n) is 20.9. The van der Waals surface area contributed by atoms with E-state index in [1.807, 2.05) is 6.08 Å². The van der Waals surface area contributed by atoms with Gasteiger partial charge in [0.25, 0.3) is 0 Å². The third kappa shape index (κ3) is 6.24. The molecule has 0 N–H and O–H groups in total. The summed E-state index contributed by atoms with van der Waals surface area (Å²) in [5.74, 6) is 0. The summed E-state index contributed by atoms with van der Waals surface area (Å²) in [6.45, 7) is 11.5. The van der Waals surface area contributed by atoms with Crippen LogP contribution in [0.5, 0.6) is 0 Å². The van der Waals surface area contributed by atoms with Gasteiger partial charge >= 0.3 is 218 Å². The predicted molar refractivity (Wildman–Crippen MR) is 149 cm³/mol. The maximum atomic E-state index is 7.14. The molecular weight excluding hydrogens is 515 g/mol. The van der Waals surface area contributed by atoms with E-state index in [9.17, 15) is 0 Å². The van der Waals surface area contributed by atoms with Gasteiger partial charge in [0.15, 0.2) is 0 Å². The van der Waals surface area contributed by atoms with Crippen molar-refractivity contribution in [2.24, 2.45) is 0 Å². The SMILES string of the molecule is C=CC1C[C@H](CO[Si](c2ccccc2)(c2ccccc2)C(C)(C)C)OC(C[Se]c2ccccc2)O1. The molecule has 0 aliphatic carbocycles. The van der Waals surface area contributed by atoms with Crippen LogP contribution in [0.2, 0.25) is 10.4 Å². The normalized spacial score (nSPS) is 20.9. The first kappa shape index (κ1) is 26.1. The van der Waals surface area contributed by atoms with Crippen LogP contribution in [-0.4, -0.2) is 48.4 Å². The Morgan fingerprint density at radius 1 is 0.886 bits per heavy atom. The molecule has 0 bridgehead atoms. The van der Waals surface area contributed by atoms with Gasteiger partial charge in [-0.2, -0.15) is 0 Å². The molecule has 0 spiro atoms. The Kier molecular flexibility index (Phi) is 8.82. The first-order valence-electron chi connectivity index (χ1n) is 12.3. The number of benzene rings is 3. The van der Waals surface area contributed by atoms with E-state index in [0.29, 0.717) is 21.6 Å². The van der Waals surface area contributed by atoms with E-state index in [2.05, 4.69) is 118 Å². The van der Waals surface area contributed by atoms with Crippen LogP contribution >= 0.6 is 0 Å². The summed E-state index contributed by atoms with van der Waals surface area (Å²) < 4.78 is 21.1. The molecule has 1 aliphatic rings. The van der Waals surface area contributed by atoms with Crippen LogP contribution in [0.1, 0.15) is 27.2 Å². The molecule has 1 fully saturated rings. The van der Waals surface area contributed by atoms with E-state index < -0.39 is 8.32 Å². The van der Waals surface area contributed by atoms with Crippen molar-refractivity contribution in [3.05, 3.63) is 104 Å². The van der Waals surface area contributed by atoms with Crippen molar-refractivity contribution in [2.75, 3.05) is 6.61 Å². The first-order valence-corrected chi connectivity index (χ1v) is 16.3. The zero-order chi connectivity index (χ0) is 24.7. The minimum absolute atomic E-state index is 0.0203. The Hall–Kier alpha value is -1.98. The molecule has 2 unspecified atom stereocenters. The van der Waals surface area contributed by atoms with Crippen molar-refractivity contribution in [1.82, 2.24) is 0 Å². The van der Waals surface area contributed by atoms with Crippen LogP contribution in [0.3, 0.4) is 0 Å². The number of hydrogen-bond acceptors (Lipinski definition) is 3. The molecule has 3 aromatic rings. The average Bonchev–Trinajstić information content (AvgIpc) is 2.89. The third-order valence-electron chi connectivity index (χ3n) is 6.46. The summed E-state index contributed by atoms with van der Waals surface area (Å²) >= 11 is 0.290. The summed E-state index contributed by atoms with van der Waals surface area (Å²) in [6.07, 6.45) is 2.37. The van der Waals surface area contributed by atoms with Crippen LogP contribution in [0, 0.1) is 0 Å². The van der Waals surface area contributed by atoms with Crippen molar-refractivity contribution in [2.45, 2.75) is 56.0 Å². The van der Waals surface area contributed by atoms with Gasteiger partial charge in [-0.25, -0.2) is 0 Å². The molecule has 1 heterocycles. The van der Waals surface area contributed by atoms with Crippen molar-refractivity contribution in [1.29, 1.82) is 0 Å². The molecule has 0 amide bonds. The first-order chi connectivity index (χ1) is 16.9. The summed E-state index contributed by atoms with van der Waals surface area (Å²) in [5, 5.41) is 3.39. The van der Waals surface area contributed by atoms with Crippen LogP contribution in [0.15, 0.2) is 104 Å². The fraction of sp³-hybridized carbons (Fsp3) is 0.333. The molecule has 3 atom stereocenters. The number of rotatable bonds is 9. The molecule has 0 radical (unpaired) electrons. The number of ether oxygens (including phenoxy) is 2. The standard InChI is InChI=1S/C30H36O3SeSi/c1-5-24-21-25(33-29(32-24)23-34-26-15-9-6-10-16-26)22-31-35(30(2,3)4,27-17-11-7-12-18-27)28-19-13-8-14-20-28/h5-20,24-25,29H,1,21-23H2,2-4H3/t24?,25-,29?/m1/s1. The van der Waals surface area contributed by atoms with Gasteiger partial charge in [-0.1, -0.05) is 0 Å². The van der Waals surface area contributed by atoms with Crippen molar-refractivity contribution < 1.29 is 13.9 Å². The van der Waals surface area contributed by atoms with E-state index in [-0.39, 0.29) is 23.5 Å². The monoisotopic (exact) mass is 552 g/mol. The topological polar surface area (TPSA) is 27.7 Å². The molecule has 3 nitrogen and oxygen atoms in total. The van der Waals surface area contributed by atoms with Crippen LogP contribution in [0.25, 0.3) is 0 Å². The molecule has 1 saturated heterocycles. The van der Waals surface area contributed by atoms with E-state index >= 15 is 0 Å². The fourth-order valence-electron chi connectivity index (χ4n) is 4.81. The second kappa shape index (κ2) is 11.8. The van der Waals surface area contributed by atoms with Gasteiger partial charge in [0, 0.05) is 0 Å². The van der Waals surface area contributed by atoms with Gasteiger partial charge in [0.2, 0.25) is 0 Å². The summed E-state index contributed by atoms with van der Waals surface area (Å²) in [5.41, 5.74) is 0. The van der Waals surface area contributed by atoms with Crippen molar-refractivity contribution >= 4 is 38.1 Å². The van der Waals surface area contributed by atoms with E-state index in [1.54, 1.807) is 0 Å². The van der Waals surface area contributed by atoms with Gasteiger partial charge in [0.05, 0.1) is 0 Å². The Bertz CT molecular complexity index is 1010. The molecule has 1 aliphatic heterocycles. The predicted octanol–water partition coefficient (Wildman–Crippen LogP) is 4.70. The zero-order valence-corrected chi connectivity index (χ0v) is 23.6. The van der Waals surface area contributed by atoms with Gasteiger partial charge < -0.3 is 0 Å². The summed E-state index contributed by atoms with van der Waals surface area (Å²) in [7, 11) is -2.60. The molecule has 35 heavy (non-hydrogen) atoms. The quantitative estimate of drug-likeness (QED) is 0.285. The molecule has 3 aromatic carbocycles. The fourth-order valence-corrected chi connectivity index (χ4v) is 11.2. The molecule has 4 rings (SSSR count). The van der Waals surface area contributed by atoms with Crippen molar-refractivity contribution in [3.8, 4) is 0 Å². The molecule has 5 heteroatoms. The van der Waals surface area contributed by atoms with Crippen LogP contribution < -0.4 is 14.8 Å². The second-order valence-electron chi connectivity index (χ2n) is 9.93. The molecule has 184 valence electrons. The van der Waals surface area contributed by atoms with Gasteiger partial charge in [-0.05, 0) is 0 Å². The van der Waals surface area contributed by atoms with E-state index in [1.165, 1.54) is 14.8 Å². The Morgan fingerprint density at radius 3 is 1.94 bits per heavy atom. The Balaban J connectivity index is 1.56. The average molecular weight is 552 g/mol. The molecular formula is C30H36O3SeSi. The molecule has 0 saturated carbocycles. The van der Waals surface area contributed by atoms with Crippen molar-refractivity contribution in [3.63, 3.8) is 0 Å². The van der Waals surface area contributed by atoms with Gasteiger partial charge in [-0.15, -0.1) is 0 Å². The Labute approximate surface area is 217 Å². The summed E-state index contributed by atoms with van der Waals surface area (Å²) in [6, 6.07) is 32.1. The van der Waals surface area contributed by atoms with Crippen LogP contribution in [-0.2, 0) is 13.9 Å². The maximum absolute atomic E-state index is 7.14. The summed E-state index contributed by atoms with van der Waals surface area (Å²) in [4.78, 5) is 0. The van der Waals surface area contributed by atoms with Gasteiger partial charge in [0.1, 0.15) is 0 Å². The Morgan fingerprint density at radius 2 is 1.43 bits per heavy atom. The third-order valence-corrected chi connectivity index (χ3v) is 13.7. The molecule has 0 aromatic heterocycles. The minimum atomic E-state index is -2.60. The van der Waals surface area contributed by atoms with Crippen LogP contribution in [0.4, 0.5) is 0 Å². The van der Waals surface area contributed by atoms with Gasteiger partial charge in [-0.3, -0.25) is 0 Å². The number of hydrogen-bond donors (Lipinski definition) is 0. The second-order valence-corrected chi connectivity index (χ2v) is 16.5.